The van der Waals surface area contributed by atoms with E-state index in [4.69, 9.17) is 14.9 Å². The molecule has 0 spiro atoms. The quantitative estimate of drug-likeness (QED) is 0.601. The molecule has 0 bridgehead atoms. The minimum atomic E-state index is -0.980. The van der Waals surface area contributed by atoms with E-state index < -0.39 is 11.6 Å². The van der Waals surface area contributed by atoms with Gasteiger partial charge in [-0.2, -0.15) is 0 Å². The van der Waals surface area contributed by atoms with Crippen LogP contribution in [0.15, 0.2) is 0 Å². The number of alkyl carbamates (subject to hydrolysis) is 1. The van der Waals surface area contributed by atoms with Crippen molar-refractivity contribution in [2.75, 3.05) is 13.2 Å². The normalized spacial score (nSPS) is 11.6. The van der Waals surface area contributed by atoms with E-state index >= 15 is 0 Å². The molecule has 0 heterocycles. The number of amides is 1. The van der Waals surface area contributed by atoms with E-state index in [1.807, 2.05) is 0 Å². The Morgan fingerprint density at radius 1 is 1.43 bits per heavy atom. The van der Waals surface area contributed by atoms with Crippen LogP contribution in [0.4, 0.5) is 4.79 Å². The highest BCUT2D eigenvalue weighted by molar-refractivity contribution is 5.68. The lowest BCUT2D eigenvalue weighted by Crippen LogP contribution is -2.54. The van der Waals surface area contributed by atoms with Crippen molar-refractivity contribution in [3.8, 4) is 0 Å². The highest BCUT2D eigenvalue weighted by Crippen LogP contribution is 2.08. The Hall–Kier alpha value is -0.810. The number of ether oxygens (including phenoxy) is 1. The first-order valence-electron chi connectivity index (χ1n) is 4.70. The summed E-state index contributed by atoms with van der Waals surface area (Å²) >= 11 is 0. The van der Waals surface area contributed by atoms with Crippen molar-refractivity contribution in [3.63, 3.8) is 0 Å². The van der Waals surface area contributed by atoms with Gasteiger partial charge in [-0.05, 0) is 20.3 Å². The second kappa shape index (κ2) is 5.82. The predicted molar refractivity (Wildman–Crippen MR) is 51.9 cm³/mol. The van der Waals surface area contributed by atoms with Gasteiger partial charge in [-0.3, -0.25) is 0 Å². The number of carbonyl (C=O) groups is 1. The molecule has 1 amide bonds. The first-order chi connectivity index (χ1) is 6.49. The Kier molecular flexibility index (Phi) is 5.49. The van der Waals surface area contributed by atoms with Gasteiger partial charge in [0.05, 0.1) is 24.9 Å². The van der Waals surface area contributed by atoms with E-state index in [0.29, 0.717) is 6.42 Å². The summed E-state index contributed by atoms with van der Waals surface area (Å²) in [7, 11) is 0. The van der Waals surface area contributed by atoms with Crippen LogP contribution in [-0.2, 0) is 4.74 Å². The third-order valence-electron chi connectivity index (χ3n) is 1.99. The highest BCUT2D eigenvalue weighted by atomic mass is 16.6. The van der Waals surface area contributed by atoms with Gasteiger partial charge in [0.1, 0.15) is 0 Å². The van der Waals surface area contributed by atoms with Gasteiger partial charge < -0.3 is 20.3 Å². The maximum atomic E-state index is 11.2. The van der Waals surface area contributed by atoms with Crippen LogP contribution in [0.3, 0.4) is 0 Å². The van der Waals surface area contributed by atoms with Crippen molar-refractivity contribution in [1.29, 1.82) is 0 Å². The molecule has 0 aliphatic carbocycles. The third-order valence-corrected chi connectivity index (χ3v) is 1.99. The molecule has 84 valence electrons. The smallest absolute Gasteiger partial charge is 0.407 e. The van der Waals surface area contributed by atoms with Crippen molar-refractivity contribution in [3.05, 3.63) is 0 Å². The fraction of sp³-hybridized carbons (Fsp3) is 0.889. The van der Waals surface area contributed by atoms with Crippen LogP contribution >= 0.6 is 0 Å². The highest BCUT2D eigenvalue weighted by Gasteiger charge is 2.29. The minimum Gasteiger partial charge on any atom is -0.447 e. The lowest BCUT2D eigenvalue weighted by atomic mass is 9.99. The van der Waals surface area contributed by atoms with Gasteiger partial charge in [0.15, 0.2) is 0 Å². The predicted octanol–water partition coefficient (Wildman–Crippen LogP) is 0.254. The van der Waals surface area contributed by atoms with E-state index in [1.54, 1.807) is 20.8 Å². The lowest BCUT2D eigenvalue weighted by Gasteiger charge is -2.29. The number of hydrogen-bond acceptors (Lipinski definition) is 4. The standard InChI is InChI=1S/C9H19NO4/c1-4-9(5-11,6-12)10-8(13)14-7(2)3/h7,11-12H,4-6H2,1-3H3,(H,10,13). The van der Waals surface area contributed by atoms with Crippen molar-refractivity contribution < 1.29 is 19.7 Å². The fourth-order valence-electron chi connectivity index (χ4n) is 0.901. The third kappa shape index (κ3) is 3.93. The van der Waals surface area contributed by atoms with Crippen LogP contribution in [0.2, 0.25) is 0 Å². The average Bonchev–Trinajstić information content (AvgIpc) is 2.13. The fourth-order valence-corrected chi connectivity index (χ4v) is 0.901. The van der Waals surface area contributed by atoms with Crippen molar-refractivity contribution in [1.82, 2.24) is 5.32 Å². The van der Waals surface area contributed by atoms with Crippen LogP contribution in [0.1, 0.15) is 27.2 Å². The van der Waals surface area contributed by atoms with Crippen LogP contribution in [0, 0.1) is 0 Å². The monoisotopic (exact) mass is 205 g/mol. The SMILES string of the molecule is CCC(CO)(CO)NC(=O)OC(C)C. The lowest BCUT2D eigenvalue weighted by molar-refractivity contribution is 0.0621. The van der Waals surface area contributed by atoms with E-state index in [0.717, 1.165) is 0 Å². The molecule has 0 saturated carbocycles. The molecule has 0 radical (unpaired) electrons. The molecule has 0 saturated heterocycles. The molecule has 5 nitrogen and oxygen atoms in total. The van der Waals surface area contributed by atoms with E-state index in [1.165, 1.54) is 0 Å². The zero-order valence-electron chi connectivity index (χ0n) is 8.91. The summed E-state index contributed by atoms with van der Waals surface area (Å²) in [6.45, 7) is 4.60. The Labute approximate surface area is 84.1 Å². The summed E-state index contributed by atoms with van der Waals surface area (Å²) < 4.78 is 4.84. The van der Waals surface area contributed by atoms with Gasteiger partial charge >= 0.3 is 6.09 Å². The van der Waals surface area contributed by atoms with Gasteiger partial charge in [-0.25, -0.2) is 4.79 Å². The largest absolute Gasteiger partial charge is 0.447 e. The molecule has 0 aromatic rings. The first-order valence-corrected chi connectivity index (χ1v) is 4.70. The molecular weight excluding hydrogens is 186 g/mol. The number of rotatable bonds is 5. The Morgan fingerprint density at radius 3 is 2.21 bits per heavy atom. The van der Waals surface area contributed by atoms with Gasteiger partial charge in [-0.1, -0.05) is 6.92 Å². The topological polar surface area (TPSA) is 78.8 Å². The average molecular weight is 205 g/mol. The maximum Gasteiger partial charge on any atom is 0.407 e. The second-order valence-electron chi connectivity index (χ2n) is 3.53. The molecule has 0 rings (SSSR count). The van der Waals surface area contributed by atoms with Gasteiger partial charge in [-0.15, -0.1) is 0 Å². The molecule has 0 aliphatic heterocycles. The molecule has 0 aromatic heterocycles. The van der Waals surface area contributed by atoms with Crippen molar-refractivity contribution in [2.45, 2.75) is 38.8 Å². The molecular formula is C9H19NO4. The van der Waals surface area contributed by atoms with Gasteiger partial charge in [0.2, 0.25) is 0 Å². The second-order valence-corrected chi connectivity index (χ2v) is 3.53. The zero-order valence-corrected chi connectivity index (χ0v) is 8.91. The summed E-state index contributed by atoms with van der Waals surface area (Å²) in [4.78, 5) is 11.2. The van der Waals surface area contributed by atoms with Crippen molar-refractivity contribution in [2.24, 2.45) is 0 Å². The molecule has 14 heavy (non-hydrogen) atoms. The molecule has 0 fully saturated rings. The number of nitrogens with one attached hydrogen (secondary N) is 1. The Balaban J connectivity index is 4.22. The van der Waals surface area contributed by atoms with Crippen molar-refractivity contribution >= 4 is 6.09 Å². The molecule has 3 N–H and O–H groups in total. The van der Waals surface area contributed by atoms with E-state index in [9.17, 15) is 4.79 Å². The number of hydrogen-bond donors (Lipinski definition) is 3. The first kappa shape index (κ1) is 13.2. The van der Waals surface area contributed by atoms with Gasteiger partial charge in [0, 0.05) is 0 Å². The zero-order chi connectivity index (χ0) is 11.2. The molecule has 0 atom stereocenters. The van der Waals surface area contributed by atoms with Crippen LogP contribution in [-0.4, -0.2) is 41.2 Å². The van der Waals surface area contributed by atoms with Crippen LogP contribution in [0.25, 0.3) is 0 Å². The molecule has 0 unspecified atom stereocenters. The van der Waals surface area contributed by atoms with Crippen LogP contribution in [0.5, 0.6) is 0 Å². The summed E-state index contributed by atoms with van der Waals surface area (Å²) in [5, 5.41) is 20.5. The maximum absolute atomic E-state index is 11.2. The summed E-state index contributed by atoms with van der Waals surface area (Å²) in [6, 6.07) is 0. The summed E-state index contributed by atoms with van der Waals surface area (Å²) in [6.07, 6.45) is -0.403. The van der Waals surface area contributed by atoms with E-state index in [2.05, 4.69) is 5.32 Å². The number of aliphatic hydroxyl groups is 2. The molecule has 5 heteroatoms. The Morgan fingerprint density at radius 2 is 1.93 bits per heavy atom. The molecule has 0 aromatic carbocycles. The Bertz CT molecular complexity index is 169. The number of aliphatic hydroxyl groups excluding tert-OH is 2. The van der Waals surface area contributed by atoms with Gasteiger partial charge in [0.25, 0.3) is 0 Å². The van der Waals surface area contributed by atoms with Crippen LogP contribution < -0.4 is 5.32 Å². The summed E-state index contributed by atoms with van der Waals surface area (Å²) in [5.74, 6) is 0. The summed E-state index contributed by atoms with van der Waals surface area (Å²) in [5.41, 5.74) is -0.980. The molecule has 0 aliphatic rings. The van der Waals surface area contributed by atoms with E-state index in [-0.39, 0.29) is 19.3 Å². The minimum absolute atomic E-state index is 0.220. The number of carbonyl (C=O) groups excluding carboxylic acids is 1.